The molecular weight excluding hydrogens is 390 g/mol. The minimum Gasteiger partial charge on any atom is -0.497 e. The molecule has 0 saturated carbocycles. The molecule has 2 aromatic rings. The van der Waals surface area contributed by atoms with E-state index in [1.165, 1.54) is 20.3 Å². The maximum absolute atomic E-state index is 13.8. The number of hydrogen-bond acceptors (Lipinski definition) is 6. The Morgan fingerprint density at radius 1 is 1.14 bits per heavy atom. The molecule has 1 fully saturated rings. The Labute approximate surface area is 173 Å². The van der Waals surface area contributed by atoms with Gasteiger partial charge in [-0.1, -0.05) is 30.3 Å². The van der Waals surface area contributed by atoms with Gasteiger partial charge in [0.1, 0.15) is 16.4 Å². The first kappa shape index (κ1) is 21.6. The van der Waals surface area contributed by atoms with E-state index in [9.17, 15) is 8.42 Å². The number of nitrogens with two attached hydrogens (primary N) is 1. The zero-order valence-corrected chi connectivity index (χ0v) is 17.9. The van der Waals surface area contributed by atoms with Gasteiger partial charge in [0.05, 0.1) is 14.2 Å². The molecular formula is C21H29N3O4S. The molecule has 0 aromatic heterocycles. The summed E-state index contributed by atoms with van der Waals surface area (Å²) >= 11 is 0. The molecule has 0 radical (unpaired) electrons. The van der Waals surface area contributed by atoms with E-state index in [-0.39, 0.29) is 23.5 Å². The van der Waals surface area contributed by atoms with E-state index in [4.69, 9.17) is 15.2 Å². The summed E-state index contributed by atoms with van der Waals surface area (Å²) in [6.45, 7) is 1.40. The summed E-state index contributed by atoms with van der Waals surface area (Å²) in [5, 5.41) is 0. The van der Waals surface area contributed by atoms with Crippen molar-refractivity contribution in [2.45, 2.75) is 29.9 Å². The second kappa shape index (κ2) is 9.13. The average molecular weight is 420 g/mol. The Morgan fingerprint density at radius 2 is 1.86 bits per heavy atom. The first-order valence-electron chi connectivity index (χ1n) is 9.58. The van der Waals surface area contributed by atoms with Gasteiger partial charge in [0.2, 0.25) is 10.0 Å². The smallest absolute Gasteiger partial charge is 0.247 e. The summed E-state index contributed by atoms with van der Waals surface area (Å²) in [6, 6.07) is 14.4. The second-order valence-corrected chi connectivity index (χ2v) is 9.13. The van der Waals surface area contributed by atoms with Crippen LogP contribution in [0.4, 0.5) is 0 Å². The van der Waals surface area contributed by atoms with E-state index in [2.05, 4.69) is 4.90 Å². The fourth-order valence-corrected chi connectivity index (χ4v) is 5.61. The van der Waals surface area contributed by atoms with Crippen molar-refractivity contribution in [1.29, 1.82) is 0 Å². The number of likely N-dealkylation sites (N-methyl/N-ethyl adjacent to an activating group) is 1. The number of ether oxygens (including phenoxy) is 2. The molecule has 1 aliphatic heterocycles. The summed E-state index contributed by atoms with van der Waals surface area (Å²) in [7, 11) is 1.11. The summed E-state index contributed by atoms with van der Waals surface area (Å²) in [5.74, 6) is 0.762. The molecule has 1 aliphatic rings. The Morgan fingerprint density at radius 3 is 2.45 bits per heavy atom. The van der Waals surface area contributed by atoms with Crippen LogP contribution in [0.2, 0.25) is 0 Å². The summed E-state index contributed by atoms with van der Waals surface area (Å²) in [6.07, 6.45) is 0.686. The van der Waals surface area contributed by atoms with Crippen molar-refractivity contribution < 1.29 is 17.9 Å². The molecule has 2 N–H and O–H groups in total. The molecule has 0 unspecified atom stereocenters. The maximum atomic E-state index is 13.8. The quantitative estimate of drug-likeness (QED) is 0.704. The molecule has 1 saturated heterocycles. The van der Waals surface area contributed by atoms with Crippen LogP contribution in [0, 0.1) is 0 Å². The van der Waals surface area contributed by atoms with Crippen molar-refractivity contribution in [3.63, 3.8) is 0 Å². The lowest BCUT2D eigenvalue weighted by molar-refractivity contribution is 0.290. The zero-order chi connectivity index (χ0) is 21.0. The van der Waals surface area contributed by atoms with Gasteiger partial charge in [-0.25, -0.2) is 8.42 Å². The van der Waals surface area contributed by atoms with E-state index in [1.54, 1.807) is 16.4 Å². The molecule has 2 atom stereocenters. The molecule has 2 aromatic carbocycles. The molecule has 1 heterocycles. The van der Waals surface area contributed by atoms with Crippen LogP contribution in [-0.2, 0) is 16.6 Å². The minimum absolute atomic E-state index is 0.106. The monoisotopic (exact) mass is 419 g/mol. The molecule has 0 amide bonds. The van der Waals surface area contributed by atoms with E-state index >= 15 is 0 Å². The molecule has 158 valence electrons. The van der Waals surface area contributed by atoms with Crippen LogP contribution in [0.15, 0.2) is 53.4 Å². The third-order valence-electron chi connectivity index (χ3n) is 5.48. The van der Waals surface area contributed by atoms with Crippen LogP contribution >= 0.6 is 0 Å². The molecule has 0 bridgehead atoms. The molecule has 29 heavy (non-hydrogen) atoms. The van der Waals surface area contributed by atoms with Crippen LogP contribution in [0.5, 0.6) is 11.5 Å². The number of sulfonamides is 1. The lowest BCUT2D eigenvalue weighted by Crippen LogP contribution is -2.41. The van der Waals surface area contributed by atoms with Crippen LogP contribution in [0.1, 0.15) is 12.0 Å². The summed E-state index contributed by atoms with van der Waals surface area (Å²) < 4.78 is 39.8. The minimum atomic E-state index is -3.85. The summed E-state index contributed by atoms with van der Waals surface area (Å²) in [4.78, 5) is 2.23. The Balaban J connectivity index is 2.05. The van der Waals surface area contributed by atoms with Gasteiger partial charge in [-0.05, 0) is 31.2 Å². The van der Waals surface area contributed by atoms with Crippen LogP contribution < -0.4 is 15.2 Å². The normalized spacial score (nSPS) is 20.2. The average Bonchev–Trinajstić information content (AvgIpc) is 3.12. The van der Waals surface area contributed by atoms with Crippen molar-refractivity contribution in [3.8, 4) is 11.5 Å². The highest BCUT2D eigenvalue weighted by molar-refractivity contribution is 7.89. The van der Waals surface area contributed by atoms with E-state index in [0.29, 0.717) is 31.0 Å². The lowest BCUT2D eigenvalue weighted by atomic mass is 10.1. The Hall–Kier alpha value is -2.13. The molecule has 3 rings (SSSR count). The number of nitrogens with zero attached hydrogens (tertiary/aromatic N) is 2. The zero-order valence-electron chi connectivity index (χ0n) is 17.1. The van der Waals surface area contributed by atoms with Gasteiger partial charge >= 0.3 is 0 Å². The van der Waals surface area contributed by atoms with Gasteiger partial charge < -0.3 is 20.1 Å². The van der Waals surface area contributed by atoms with Crippen molar-refractivity contribution >= 4 is 10.0 Å². The topological polar surface area (TPSA) is 85.1 Å². The predicted octanol–water partition coefficient (Wildman–Crippen LogP) is 1.93. The third kappa shape index (κ3) is 4.56. The molecule has 0 spiro atoms. The lowest BCUT2D eigenvalue weighted by Gasteiger charge is -2.29. The first-order chi connectivity index (χ1) is 13.9. The largest absolute Gasteiger partial charge is 0.497 e. The van der Waals surface area contributed by atoms with Crippen LogP contribution in [-0.4, -0.2) is 64.1 Å². The number of hydrogen-bond donors (Lipinski definition) is 1. The number of likely N-dealkylation sites (tertiary alicyclic amines) is 1. The number of benzene rings is 2. The van der Waals surface area contributed by atoms with Crippen molar-refractivity contribution in [1.82, 2.24) is 9.21 Å². The van der Waals surface area contributed by atoms with Gasteiger partial charge in [-0.15, -0.1) is 0 Å². The third-order valence-corrected chi connectivity index (χ3v) is 7.40. The Kier molecular flexibility index (Phi) is 6.79. The van der Waals surface area contributed by atoms with Crippen molar-refractivity contribution in [3.05, 3.63) is 54.1 Å². The van der Waals surface area contributed by atoms with Crippen LogP contribution in [0.25, 0.3) is 0 Å². The summed E-state index contributed by atoms with van der Waals surface area (Å²) in [5.41, 5.74) is 6.82. The standard InChI is InChI=1S/C21H29N3O4S/c1-23-15-18(11-17(23)13-22)24(14-16-7-5-4-6-8-16)29(25,26)21-12-19(27-2)9-10-20(21)28-3/h4-10,12,17-18H,11,13-15,22H2,1-3H3/t17-,18-/m1/s1. The van der Waals surface area contributed by atoms with Crippen molar-refractivity contribution in [2.75, 3.05) is 34.4 Å². The van der Waals surface area contributed by atoms with E-state index < -0.39 is 10.0 Å². The van der Waals surface area contributed by atoms with Crippen molar-refractivity contribution in [2.24, 2.45) is 5.73 Å². The predicted molar refractivity (Wildman–Crippen MR) is 113 cm³/mol. The fourth-order valence-electron chi connectivity index (χ4n) is 3.82. The molecule has 8 heteroatoms. The fraction of sp³-hybridized carbons (Fsp3) is 0.429. The van der Waals surface area contributed by atoms with Crippen LogP contribution in [0.3, 0.4) is 0 Å². The molecule has 7 nitrogen and oxygen atoms in total. The van der Waals surface area contributed by atoms with Gasteiger partial charge in [0, 0.05) is 37.8 Å². The van der Waals surface area contributed by atoms with Gasteiger partial charge in [-0.3, -0.25) is 0 Å². The highest BCUT2D eigenvalue weighted by atomic mass is 32.2. The van der Waals surface area contributed by atoms with Gasteiger partial charge in [0.25, 0.3) is 0 Å². The second-order valence-electron chi connectivity index (χ2n) is 7.27. The highest BCUT2D eigenvalue weighted by Crippen LogP contribution is 2.34. The number of rotatable bonds is 8. The first-order valence-corrected chi connectivity index (χ1v) is 11.0. The molecule has 0 aliphatic carbocycles. The maximum Gasteiger partial charge on any atom is 0.247 e. The van der Waals surface area contributed by atoms with Gasteiger partial charge in [-0.2, -0.15) is 4.31 Å². The highest BCUT2D eigenvalue weighted by Gasteiger charge is 2.40. The van der Waals surface area contributed by atoms with Gasteiger partial charge in [0.15, 0.2) is 0 Å². The Bertz CT molecular complexity index is 921. The van der Waals surface area contributed by atoms with E-state index in [0.717, 1.165) is 5.56 Å². The van der Waals surface area contributed by atoms with E-state index in [1.807, 2.05) is 37.4 Å². The number of methoxy groups -OCH3 is 2. The SMILES string of the molecule is COc1ccc(OC)c(S(=O)(=O)N(Cc2ccccc2)[C@@H]2C[C@H](CN)N(C)C2)c1.